The lowest BCUT2D eigenvalue weighted by molar-refractivity contribution is 0.550. The number of fused-ring (bicyclic) bond motifs is 1. The van der Waals surface area contributed by atoms with Crippen molar-refractivity contribution in [1.29, 1.82) is 0 Å². The number of halogens is 1. The molecule has 0 radical (unpaired) electrons. The van der Waals surface area contributed by atoms with E-state index < -0.39 is 0 Å². The van der Waals surface area contributed by atoms with Gasteiger partial charge < -0.3 is 4.42 Å². The van der Waals surface area contributed by atoms with Crippen LogP contribution in [0, 0.1) is 13.8 Å². The highest BCUT2D eigenvalue weighted by molar-refractivity contribution is 6.52. The van der Waals surface area contributed by atoms with E-state index in [0.717, 1.165) is 41.0 Å². The Labute approximate surface area is 152 Å². The van der Waals surface area contributed by atoms with Gasteiger partial charge in [-0.25, -0.2) is 0 Å². The fraction of sp³-hybridized carbons (Fsp3) is 0.238. The second kappa shape index (κ2) is 6.49. The van der Waals surface area contributed by atoms with E-state index in [4.69, 9.17) is 16.0 Å². The first-order valence-corrected chi connectivity index (χ1v) is 8.89. The molecule has 4 heteroatoms. The molecule has 0 bridgehead atoms. The molecule has 2 aromatic carbocycles. The van der Waals surface area contributed by atoms with E-state index in [2.05, 4.69) is 36.2 Å². The van der Waals surface area contributed by atoms with Gasteiger partial charge in [0.15, 0.2) is 0 Å². The molecule has 126 valence electrons. The predicted octanol–water partition coefficient (Wildman–Crippen LogP) is 5.80. The Morgan fingerprint density at radius 1 is 0.920 bits per heavy atom. The van der Waals surface area contributed by atoms with Crippen molar-refractivity contribution in [1.82, 2.24) is 10.2 Å². The minimum Gasteiger partial charge on any atom is -0.416 e. The summed E-state index contributed by atoms with van der Waals surface area (Å²) in [5, 5.41) is 9.20. The topological polar surface area (TPSA) is 38.9 Å². The minimum absolute atomic E-state index is 0.523. The quantitative estimate of drug-likeness (QED) is 0.586. The Balaban J connectivity index is 1.79. The number of nitrogens with zero attached hydrogens (tertiary/aromatic N) is 2. The molecule has 0 saturated carbocycles. The van der Waals surface area contributed by atoms with Crippen LogP contribution >= 0.6 is 11.6 Å². The molecule has 0 aliphatic heterocycles. The molecule has 0 saturated heterocycles. The zero-order valence-electron chi connectivity index (χ0n) is 14.3. The monoisotopic (exact) mass is 350 g/mol. The number of hydrogen-bond donors (Lipinski definition) is 0. The largest absolute Gasteiger partial charge is 0.416 e. The van der Waals surface area contributed by atoms with Crippen molar-refractivity contribution in [3.05, 3.63) is 70.6 Å². The number of aryl methyl sites for hydroxylation is 3. The molecule has 0 unspecified atom stereocenters. The summed E-state index contributed by atoms with van der Waals surface area (Å²) in [6.45, 7) is 4.26. The van der Waals surface area contributed by atoms with Gasteiger partial charge in [-0.05, 0) is 73.6 Å². The van der Waals surface area contributed by atoms with Crippen molar-refractivity contribution < 1.29 is 4.42 Å². The van der Waals surface area contributed by atoms with Crippen molar-refractivity contribution in [3.8, 4) is 11.5 Å². The first kappa shape index (κ1) is 16.1. The third kappa shape index (κ3) is 3.00. The average Bonchev–Trinajstić information content (AvgIpc) is 3.06. The summed E-state index contributed by atoms with van der Waals surface area (Å²) in [5.41, 5.74) is 6.80. The number of benzene rings is 2. The van der Waals surface area contributed by atoms with Crippen LogP contribution in [0.1, 0.15) is 41.0 Å². The standard InChI is InChI=1S/C21H19ClN2O/c1-13-11-16-9-6-10-17(19(22)18(16)12-14(13)2)21-24-23-20(25-21)15-7-4-3-5-8-15/h3-5,7-8,11-12H,6,9-10H2,1-2H3. The SMILES string of the molecule is Cc1cc2c(cc1C)C(Cl)=C(c1nnc(-c3ccccc3)o1)CCC2. The summed E-state index contributed by atoms with van der Waals surface area (Å²) in [6.07, 6.45) is 2.86. The molecule has 0 N–H and O–H groups in total. The summed E-state index contributed by atoms with van der Waals surface area (Å²) in [5.74, 6) is 1.05. The third-order valence-corrected chi connectivity index (χ3v) is 5.23. The lowest BCUT2D eigenvalue weighted by Crippen LogP contribution is -1.93. The van der Waals surface area contributed by atoms with Gasteiger partial charge in [0.2, 0.25) is 11.8 Å². The average molecular weight is 351 g/mol. The van der Waals surface area contributed by atoms with Crippen LogP contribution < -0.4 is 0 Å². The van der Waals surface area contributed by atoms with Crippen molar-refractivity contribution in [2.75, 3.05) is 0 Å². The van der Waals surface area contributed by atoms with E-state index in [-0.39, 0.29) is 0 Å². The van der Waals surface area contributed by atoms with Crippen LogP contribution in [0.25, 0.3) is 22.1 Å². The Bertz CT molecular complexity index is 957. The highest BCUT2D eigenvalue weighted by atomic mass is 35.5. The summed E-state index contributed by atoms with van der Waals surface area (Å²) < 4.78 is 5.94. The second-order valence-electron chi connectivity index (χ2n) is 6.52. The third-order valence-electron chi connectivity index (χ3n) is 4.80. The van der Waals surface area contributed by atoms with Gasteiger partial charge in [0.25, 0.3) is 0 Å². The maximum atomic E-state index is 6.78. The first-order valence-electron chi connectivity index (χ1n) is 8.52. The molecule has 1 aromatic heterocycles. The van der Waals surface area contributed by atoms with Gasteiger partial charge in [0.05, 0.1) is 5.03 Å². The van der Waals surface area contributed by atoms with E-state index in [9.17, 15) is 0 Å². The molecule has 1 aliphatic carbocycles. The fourth-order valence-electron chi connectivity index (χ4n) is 3.26. The normalized spacial score (nSPS) is 14.4. The molecule has 4 rings (SSSR count). The van der Waals surface area contributed by atoms with Gasteiger partial charge in [0, 0.05) is 11.1 Å². The molecular weight excluding hydrogens is 332 g/mol. The Kier molecular flexibility index (Phi) is 4.18. The molecule has 1 heterocycles. The lowest BCUT2D eigenvalue weighted by Gasteiger charge is -2.10. The molecule has 0 atom stereocenters. The summed E-state index contributed by atoms with van der Waals surface area (Å²) in [6, 6.07) is 14.2. The number of allylic oxidation sites excluding steroid dienone is 1. The van der Waals surface area contributed by atoms with Crippen LogP contribution in [0.5, 0.6) is 0 Å². The van der Waals surface area contributed by atoms with Crippen molar-refractivity contribution in [2.45, 2.75) is 33.1 Å². The van der Waals surface area contributed by atoms with Gasteiger partial charge in [-0.1, -0.05) is 35.9 Å². The number of rotatable bonds is 2. The van der Waals surface area contributed by atoms with Crippen molar-refractivity contribution in [3.63, 3.8) is 0 Å². The van der Waals surface area contributed by atoms with Crippen LogP contribution in [-0.2, 0) is 6.42 Å². The van der Waals surface area contributed by atoms with Crippen LogP contribution in [0.4, 0.5) is 0 Å². The van der Waals surface area contributed by atoms with E-state index in [1.807, 2.05) is 30.3 Å². The summed E-state index contributed by atoms with van der Waals surface area (Å²) in [7, 11) is 0. The highest BCUT2D eigenvalue weighted by Crippen LogP contribution is 2.39. The molecule has 3 aromatic rings. The summed E-state index contributed by atoms with van der Waals surface area (Å²) >= 11 is 6.78. The van der Waals surface area contributed by atoms with Crippen molar-refractivity contribution >= 4 is 22.2 Å². The fourth-order valence-corrected chi connectivity index (χ4v) is 3.61. The van der Waals surface area contributed by atoms with Gasteiger partial charge in [-0.15, -0.1) is 10.2 Å². The van der Waals surface area contributed by atoms with Gasteiger partial charge in [-0.3, -0.25) is 0 Å². The van der Waals surface area contributed by atoms with E-state index in [0.29, 0.717) is 11.8 Å². The minimum atomic E-state index is 0.523. The molecule has 0 spiro atoms. The van der Waals surface area contributed by atoms with E-state index in [1.165, 1.54) is 16.7 Å². The Morgan fingerprint density at radius 3 is 2.44 bits per heavy atom. The molecule has 0 amide bonds. The number of aromatic nitrogens is 2. The zero-order chi connectivity index (χ0) is 17.4. The second-order valence-corrected chi connectivity index (χ2v) is 6.90. The molecule has 0 fully saturated rings. The maximum absolute atomic E-state index is 6.78. The van der Waals surface area contributed by atoms with Crippen LogP contribution in [0.3, 0.4) is 0 Å². The van der Waals surface area contributed by atoms with Crippen LogP contribution in [0.2, 0.25) is 0 Å². The first-order chi connectivity index (χ1) is 12.1. The Morgan fingerprint density at radius 2 is 1.64 bits per heavy atom. The highest BCUT2D eigenvalue weighted by Gasteiger charge is 2.22. The molecule has 1 aliphatic rings. The van der Waals surface area contributed by atoms with Gasteiger partial charge >= 0.3 is 0 Å². The zero-order valence-corrected chi connectivity index (χ0v) is 15.1. The van der Waals surface area contributed by atoms with E-state index >= 15 is 0 Å². The van der Waals surface area contributed by atoms with Crippen LogP contribution in [0.15, 0.2) is 46.9 Å². The van der Waals surface area contributed by atoms with Gasteiger partial charge in [-0.2, -0.15) is 0 Å². The van der Waals surface area contributed by atoms with Crippen molar-refractivity contribution in [2.24, 2.45) is 0 Å². The molecule has 25 heavy (non-hydrogen) atoms. The molecular formula is C21H19ClN2O. The predicted molar refractivity (Wildman–Crippen MR) is 101 cm³/mol. The lowest BCUT2D eigenvalue weighted by atomic mass is 9.98. The maximum Gasteiger partial charge on any atom is 0.248 e. The van der Waals surface area contributed by atoms with Crippen LogP contribution in [-0.4, -0.2) is 10.2 Å². The smallest absolute Gasteiger partial charge is 0.248 e. The molecule has 3 nitrogen and oxygen atoms in total. The Hall–Kier alpha value is -2.39. The number of hydrogen-bond acceptors (Lipinski definition) is 3. The van der Waals surface area contributed by atoms with Gasteiger partial charge in [0.1, 0.15) is 0 Å². The summed E-state index contributed by atoms with van der Waals surface area (Å²) in [4.78, 5) is 0. The van der Waals surface area contributed by atoms with E-state index in [1.54, 1.807) is 0 Å².